The molecular formula is C24H26ClN3O2S. The Morgan fingerprint density at radius 1 is 1.06 bits per heavy atom. The molecule has 0 N–H and O–H groups in total. The lowest BCUT2D eigenvalue weighted by Gasteiger charge is -2.33. The second kappa shape index (κ2) is 8.97. The number of unbranched alkanes of at least 4 members (excludes halogenated alkanes) is 2. The van der Waals surface area contributed by atoms with Crippen LogP contribution in [0.15, 0.2) is 53.5 Å². The number of hydrogen-bond donors (Lipinski definition) is 0. The van der Waals surface area contributed by atoms with Crippen molar-refractivity contribution >= 4 is 46.3 Å². The number of rotatable bonds is 7. The highest BCUT2D eigenvalue weighted by Gasteiger charge is 2.57. The van der Waals surface area contributed by atoms with Gasteiger partial charge in [-0.15, -0.1) is 0 Å². The summed E-state index contributed by atoms with van der Waals surface area (Å²) in [6.45, 7) is 6.05. The fraction of sp³-hybridized carbons (Fsp3) is 0.375. The molecule has 1 spiro atoms. The number of esters is 1. The molecule has 1 unspecified atom stereocenters. The highest BCUT2D eigenvalue weighted by molar-refractivity contribution is 7.82. The molecule has 0 fully saturated rings. The number of thiocarbonyl (C=S) groups is 1. The first-order chi connectivity index (χ1) is 15.0. The van der Waals surface area contributed by atoms with Crippen LogP contribution in [0.25, 0.3) is 0 Å². The fourth-order valence-electron chi connectivity index (χ4n) is 4.02. The largest absolute Gasteiger partial charge is 0.409 e. The van der Waals surface area contributed by atoms with Crippen molar-refractivity contribution in [1.29, 1.82) is 0 Å². The molecule has 0 aliphatic carbocycles. The van der Waals surface area contributed by atoms with Crippen molar-refractivity contribution in [3.05, 3.63) is 64.7 Å². The van der Waals surface area contributed by atoms with Crippen molar-refractivity contribution in [2.24, 2.45) is 4.99 Å². The Bertz CT molecular complexity index is 1020. The zero-order valence-corrected chi connectivity index (χ0v) is 19.4. The first kappa shape index (κ1) is 21.8. The predicted octanol–water partition coefficient (Wildman–Crippen LogP) is 5.77. The second-order valence-corrected chi connectivity index (χ2v) is 8.61. The first-order valence-corrected chi connectivity index (χ1v) is 11.6. The third-order valence-corrected chi connectivity index (χ3v) is 6.25. The van der Waals surface area contributed by atoms with Gasteiger partial charge in [-0.2, -0.15) is 4.99 Å². The van der Waals surface area contributed by atoms with E-state index in [0.717, 1.165) is 44.5 Å². The minimum Gasteiger partial charge on any atom is -0.409 e. The number of nitrogens with zero attached hydrogens (tertiary/aromatic N) is 3. The van der Waals surface area contributed by atoms with Gasteiger partial charge >= 0.3 is 11.8 Å². The first-order valence-electron chi connectivity index (χ1n) is 10.8. The van der Waals surface area contributed by atoms with Gasteiger partial charge in [-0.3, -0.25) is 4.90 Å². The van der Waals surface area contributed by atoms with Crippen molar-refractivity contribution in [3.63, 3.8) is 0 Å². The highest BCUT2D eigenvalue weighted by Crippen LogP contribution is 2.46. The molecule has 2 aromatic carbocycles. The number of ether oxygens (including phenoxy) is 1. The van der Waals surface area contributed by atoms with E-state index in [2.05, 4.69) is 18.7 Å². The van der Waals surface area contributed by atoms with E-state index < -0.39 is 11.8 Å². The lowest BCUT2D eigenvalue weighted by molar-refractivity contribution is 0.00266. The van der Waals surface area contributed by atoms with E-state index in [9.17, 15) is 4.79 Å². The minimum atomic E-state index is -1.33. The number of hydrogen-bond acceptors (Lipinski definition) is 5. The summed E-state index contributed by atoms with van der Waals surface area (Å²) in [5, 5.41) is 0.625. The summed E-state index contributed by atoms with van der Waals surface area (Å²) in [6, 6.07) is 14.8. The molecule has 0 aromatic heterocycles. The molecule has 2 aliphatic heterocycles. The SMILES string of the molecule is CCCCN(CCCC)C1=NC2(OC(=O)c3ccccc32)N(c2ccc(Cl)cc2)C1=S. The van der Waals surface area contributed by atoms with Crippen LogP contribution in [0.5, 0.6) is 0 Å². The summed E-state index contributed by atoms with van der Waals surface area (Å²) in [4.78, 5) is 22.5. The molecule has 2 heterocycles. The summed E-state index contributed by atoms with van der Waals surface area (Å²) >= 11 is 12.1. The number of aliphatic imine (C=N–C) groups is 1. The Morgan fingerprint density at radius 3 is 2.35 bits per heavy atom. The summed E-state index contributed by atoms with van der Waals surface area (Å²) < 4.78 is 5.99. The van der Waals surface area contributed by atoms with Crippen LogP contribution in [0.3, 0.4) is 0 Å². The average Bonchev–Trinajstić information content (AvgIpc) is 3.22. The van der Waals surface area contributed by atoms with Crippen molar-refractivity contribution < 1.29 is 9.53 Å². The van der Waals surface area contributed by atoms with Crippen molar-refractivity contribution in [1.82, 2.24) is 4.90 Å². The monoisotopic (exact) mass is 455 g/mol. The molecule has 0 saturated carbocycles. The number of fused-ring (bicyclic) bond motifs is 2. The van der Waals surface area contributed by atoms with Crippen LogP contribution in [-0.4, -0.2) is 34.8 Å². The molecule has 0 bridgehead atoms. The maximum absolute atomic E-state index is 12.8. The molecule has 0 saturated heterocycles. The number of benzene rings is 2. The van der Waals surface area contributed by atoms with Crippen molar-refractivity contribution in [2.75, 3.05) is 18.0 Å². The molecule has 0 radical (unpaired) electrons. The third-order valence-electron chi connectivity index (χ3n) is 5.64. The number of carbonyl (C=O) groups excluding carboxylic acids is 1. The van der Waals surface area contributed by atoms with Gasteiger partial charge in [-0.05, 0) is 49.2 Å². The number of amidine groups is 1. The normalized spacial score (nSPS) is 19.6. The molecule has 162 valence electrons. The van der Waals surface area contributed by atoms with E-state index in [1.165, 1.54) is 0 Å². The Kier molecular flexibility index (Phi) is 6.30. The number of anilines is 1. The van der Waals surface area contributed by atoms with E-state index >= 15 is 0 Å². The van der Waals surface area contributed by atoms with E-state index in [0.29, 0.717) is 27.0 Å². The highest BCUT2D eigenvalue weighted by atomic mass is 35.5. The van der Waals surface area contributed by atoms with E-state index in [-0.39, 0.29) is 0 Å². The van der Waals surface area contributed by atoms with Crippen LogP contribution < -0.4 is 4.90 Å². The van der Waals surface area contributed by atoms with Gasteiger partial charge < -0.3 is 9.64 Å². The third kappa shape index (κ3) is 3.83. The van der Waals surface area contributed by atoms with E-state index in [1.807, 2.05) is 35.2 Å². The number of carbonyl (C=O) groups is 1. The Labute approximate surface area is 193 Å². The lowest BCUT2D eigenvalue weighted by Crippen LogP contribution is -2.46. The van der Waals surface area contributed by atoms with Gasteiger partial charge in [0.15, 0.2) is 10.8 Å². The van der Waals surface area contributed by atoms with Crippen LogP contribution in [0.4, 0.5) is 5.69 Å². The molecule has 1 atom stereocenters. The maximum Gasteiger partial charge on any atom is 0.342 e. The topological polar surface area (TPSA) is 45.1 Å². The van der Waals surface area contributed by atoms with E-state index in [1.54, 1.807) is 18.2 Å². The molecule has 0 amide bonds. The minimum absolute atomic E-state index is 0.393. The van der Waals surface area contributed by atoms with Gasteiger partial charge in [-0.1, -0.05) is 62.6 Å². The molecular weight excluding hydrogens is 430 g/mol. The van der Waals surface area contributed by atoms with Crippen LogP contribution in [0.1, 0.15) is 55.5 Å². The zero-order valence-electron chi connectivity index (χ0n) is 17.8. The second-order valence-electron chi connectivity index (χ2n) is 7.79. The number of halogens is 1. The molecule has 5 nitrogen and oxygen atoms in total. The van der Waals surface area contributed by atoms with Crippen LogP contribution in [0.2, 0.25) is 5.02 Å². The zero-order chi connectivity index (χ0) is 22.0. The van der Waals surface area contributed by atoms with Crippen LogP contribution in [-0.2, 0) is 10.6 Å². The quantitative estimate of drug-likeness (QED) is 0.391. The van der Waals surface area contributed by atoms with Crippen LogP contribution in [0, 0.1) is 0 Å². The maximum atomic E-state index is 12.8. The van der Waals surface area contributed by atoms with Crippen molar-refractivity contribution in [2.45, 2.75) is 45.4 Å². The molecule has 7 heteroatoms. The summed E-state index contributed by atoms with van der Waals surface area (Å²) in [5.74, 6) is -1.02. The molecule has 4 rings (SSSR count). The standard InChI is InChI=1S/C24H26ClN3O2S/c1-3-5-15-27(16-6-4-2)21-22(31)28(18-13-11-17(25)12-14-18)24(26-21)20-10-8-7-9-19(20)23(29)30-24/h7-14H,3-6,15-16H2,1-2H3. The Balaban J connectivity index is 1.85. The fourth-order valence-corrected chi connectivity index (χ4v) is 4.55. The Hall–Kier alpha value is -2.44. The summed E-state index contributed by atoms with van der Waals surface area (Å²) in [6.07, 6.45) is 4.23. The molecule has 2 aromatic rings. The molecule has 2 aliphatic rings. The summed E-state index contributed by atoms with van der Waals surface area (Å²) in [5.41, 5.74) is 2.00. The van der Waals surface area contributed by atoms with Gasteiger partial charge in [-0.25, -0.2) is 4.79 Å². The van der Waals surface area contributed by atoms with Gasteiger partial charge in [0.2, 0.25) is 0 Å². The van der Waals surface area contributed by atoms with Gasteiger partial charge in [0.05, 0.1) is 11.1 Å². The Morgan fingerprint density at radius 2 is 1.71 bits per heavy atom. The van der Waals surface area contributed by atoms with Gasteiger partial charge in [0.25, 0.3) is 0 Å². The van der Waals surface area contributed by atoms with Crippen molar-refractivity contribution in [3.8, 4) is 0 Å². The summed E-state index contributed by atoms with van der Waals surface area (Å²) in [7, 11) is 0. The van der Waals surface area contributed by atoms with E-state index in [4.69, 9.17) is 33.5 Å². The molecule has 31 heavy (non-hydrogen) atoms. The van der Waals surface area contributed by atoms with Gasteiger partial charge in [0.1, 0.15) is 0 Å². The van der Waals surface area contributed by atoms with Gasteiger partial charge in [0, 0.05) is 23.8 Å². The average molecular weight is 456 g/mol. The smallest absolute Gasteiger partial charge is 0.342 e. The van der Waals surface area contributed by atoms with Crippen LogP contribution >= 0.6 is 23.8 Å². The predicted molar refractivity (Wildman–Crippen MR) is 129 cm³/mol. The lowest BCUT2D eigenvalue weighted by atomic mass is 10.0.